The lowest BCUT2D eigenvalue weighted by Crippen LogP contribution is -2.35. The number of hydrogen-bond donors (Lipinski definition) is 1. The predicted octanol–water partition coefficient (Wildman–Crippen LogP) is 4.01. The van der Waals surface area contributed by atoms with Crippen molar-refractivity contribution in [1.29, 1.82) is 0 Å². The van der Waals surface area contributed by atoms with Crippen LogP contribution < -0.4 is 10.1 Å². The van der Waals surface area contributed by atoms with E-state index in [2.05, 4.69) is 10.1 Å². The highest BCUT2D eigenvalue weighted by Crippen LogP contribution is 2.23. The molecule has 3 rings (SSSR count). The first-order valence-corrected chi connectivity index (χ1v) is 11.8. The normalized spacial score (nSPS) is 15.3. The molecule has 0 aliphatic carbocycles. The molecule has 10 heteroatoms. The molecule has 0 radical (unpaired) electrons. The number of hydrogen-bond acceptors (Lipinski definition) is 4. The zero-order valence-corrected chi connectivity index (χ0v) is 18.2. The number of ether oxygens (including phenoxy) is 1. The number of piperidine rings is 1. The summed E-state index contributed by atoms with van der Waals surface area (Å²) in [6.45, 7) is 1.27. The fourth-order valence-corrected chi connectivity index (χ4v) is 4.96. The van der Waals surface area contributed by atoms with Crippen molar-refractivity contribution in [3.8, 4) is 5.75 Å². The zero-order chi connectivity index (χ0) is 23.2. The van der Waals surface area contributed by atoms with Gasteiger partial charge < -0.3 is 10.1 Å². The Morgan fingerprint density at radius 1 is 0.938 bits per heavy atom. The largest absolute Gasteiger partial charge is 0.573 e. The molecule has 6 nitrogen and oxygen atoms in total. The maximum absolute atomic E-state index is 12.7. The smallest absolute Gasteiger partial charge is 0.406 e. The summed E-state index contributed by atoms with van der Waals surface area (Å²) in [5.41, 5.74) is 1.48. The highest BCUT2D eigenvalue weighted by atomic mass is 32.2. The first-order chi connectivity index (χ1) is 15.1. The van der Waals surface area contributed by atoms with Crippen LogP contribution in [-0.2, 0) is 27.8 Å². The number of sulfonamides is 1. The maximum atomic E-state index is 12.7. The van der Waals surface area contributed by atoms with Gasteiger partial charge in [0.2, 0.25) is 15.9 Å². The number of carbonyl (C=O) groups excluding carboxylic acids is 1. The zero-order valence-electron chi connectivity index (χ0n) is 17.4. The van der Waals surface area contributed by atoms with Gasteiger partial charge in [-0.15, -0.1) is 13.2 Å². The number of nitrogens with zero attached hydrogens (tertiary/aromatic N) is 1. The molecule has 1 saturated heterocycles. The molecule has 2 aromatic carbocycles. The molecule has 0 saturated carbocycles. The third-order valence-corrected chi connectivity index (χ3v) is 7.08. The molecule has 1 amide bonds. The molecular formula is C22H25F3N2O4S. The topological polar surface area (TPSA) is 75.7 Å². The number of aryl methyl sites for hydroxylation is 1. The molecule has 32 heavy (non-hydrogen) atoms. The number of alkyl halides is 3. The van der Waals surface area contributed by atoms with Crippen LogP contribution in [0.1, 0.15) is 36.8 Å². The van der Waals surface area contributed by atoms with E-state index in [4.69, 9.17) is 0 Å². The third kappa shape index (κ3) is 6.96. The van der Waals surface area contributed by atoms with E-state index in [1.165, 1.54) is 28.6 Å². The Kier molecular flexibility index (Phi) is 7.78. The Balaban J connectivity index is 1.45. The second-order valence-electron chi connectivity index (χ2n) is 7.58. The molecule has 0 spiro atoms. The molecule has 174 valence electrons. The van der Waals surface area contributed by atoms with Gasteiger partial charge in [-0.05, 0) is 54.7 Å². The summed E-state index contributed by atoms with van der Waals surface area (Å²) in [5.74, 6) is -0.538. The first-order valence-electron chi connectivity index (χ1n) is 10.3. The van der Waals surface area contributed by atoms with Crippen molar-refractivity contribution < 1.29 is 31.1 Å². The lowest BCUT2D eigenvalue weighted by Gasteiger charge is -2.25. The summed E-state index contributed by atoms with van der Waals surface area (Å²) in [6, 6.07) is 11.8. The van der Waals surface area contributed by atoms with Crippen molar-refractivity contribution in [2.45, 2.75) is 49.9 Å². The van der Waals surface area contributed by atoms with Crippen LogP contribution in [0.3, 0.4) is 0 Å². The second-order valence-corrected chi connectivity index (χ2v) is 9.52. The molecule has 1 aliphatic heterocycles. The van der Waals surface area contributed by atoms with E-state index in [-0.39, 0.29) is 29.5 Å². The van der Waals surface area contributed by atoms with Crippen molar-refractivity contribution in [2.75, 3.05) is 13.1 Å². The van der Waals surface area contributed by atoms with Gasteiger partial charge in [0.05, 0.1) is 4.90 Å². The van der Waals surface area contributed by atoms with Gasteiger partial charge >= 0.3 is 6.36 Å². The summed E-state index contributed by atoms with van der Waals surface area (Å²) >= 11 is 0. The standard InChI is InChI=1S/C22H25F3N2O4S/c23-22(24,25)31-19-9-4-18(5-10-19)16-26-21(28)13-8-17-6-11-20(12-7-17)32(29,30)27-14-2-1-3-15-27/h4-7,9-12H,1-3,8,13-16H2,(H,26,28). The Morgan fingerprint density at radius 2 is 1.53 bits per heavy atom. The van der Waals surface area contributed by atoms with Crippen LogP contribution in [0.5, 0.6) is 5.75 Å². The van der Waals surface area contributed by atoms with Crippen LogP contribution in [0.2, 0.25) is 0 Å². The molecule has 0 bridgehead atoms. The van der Waals surface area contributed by atoms with E-state index in [9.17, 15) is 26.4 Å². The van der Waals surface area contributed by atoms with Gasteiger partial charge in [-0.2, -0.15) is 4.31 Å². The first kappa shape index (κ1) is 24.1. The van der Waals surface area contributed by atoms with Crippen LogP contribution in [0, 0.1) is 0 Å². The van der Waals surface area contributed by atoms with Crippen molar-refractivity contribution >= 4 is 15.9 Å². The van der Waals surface area contributed by atoms with Crippen molar-refractivity contribution in [3.63, 3.8) is 0 Å². The fraction of sp³-hybridized carbons (Fsp3) is 0.409. The number of rotatable bonds is 8. The molecule has 2 aromatic rings. The summed E-state index contributed by atoms with van der Waals surface area (Å²) in [6.07, 6.45) is -1.31. The second kappa shape index (κ2) is 10.4. The van der Waals surface area contributed by atoms with E-state index in [0.29, 0.717) is 25.1 Å². The number of nitrogens with one attached hydrogen (secondary N) is 1. The van der Waals surface area contributed by atoms with E-state index in [1.54, 1.807) is 24.3 Å². The summed E-state index contributed by atoms with van der Waals surface area (Å²) < 4.78 is 67.2. The minimum Gasteiger partial charge on any atom is -0.406 e. The number of benzene rings is 2. The van der Waals surface area contributed by atoms with Gasteiger partial charge in [0.1, 0.15) is 5.75 Å². The van der Waals surface area contributed by atoms with E-state index < -0.39 is 16.4 Å². The summed E-state index contributed by atoms with van der Waals surface area (Å²) in [5, 5.41) is 2.71. The molecule has 1 aliphatic rings. The van der Waals surface area contributed by atoms with Crippen molar-refractivity contribution in [3.05, 3.63) is 59.7 Å². The molecule has 0 unspecified atom stereocenters. The molecular weight excluding hydrogens is 445 g/mol. The Hall–Kier alpha value is -2.59. The van der Waals surface area contributed by atoms with Crippen LogP contribution in [0.4, 0.5) is 13.2 Å². The number of halogens is 3. The SMILES string of the molecule is O=C(CCc1ccc(S(=O)(=O)N2CCCCC2)cc1)NCc1ccc(OC(F)(F)F)cc1. The van der Waals surface area contributed by atoms with E-state index >= 15 is 0 Å². The fourth-order valence-electron chi connectivity index (χ4n) is 3.44. The minimum absolute atomic E-state index is 0.179. The van der Waals surface area contributed by atoms with Crippen LogP contribution in [-0.4, -0.2) is 38.1 Å². The molecule has 0 atom stereocenters. The minimum atomic E-state index is -4.74. The van der Waals surface area contributed by atoms with Crippen LogP contribution in [0.15, 0.2) is 53.4 Å². The summed E-state index contributed by atoms with van der Waals surface area (Å²) in [7, 11) is -3.48. The van der Waals surface area contributed by atoms with Crippen molar-refractivity contribution in [2.24, 2.45) is 0 Å². The van der Waals surface area contributed by atoms with Gasteiger partial charge in [-0.25, -0.2) is 8.42 Å². The lowest BCUT2D eigenvalue weighted by molar-refractivity contribution is -0.274. The Bertz CT molecular complexity index is 1000. The maximum Gasteiger partial charge on any atom is 0.573 e. The highest BCUT2D eigenvalue weighted by molar-refractivity contribution is 7.89. The molecule has 0 aromatic heterocycles. The molecule has 1 fully saturated rings. The van der Waals surface area contributed by atoms with E-state index in [1.807, 2.05) is 0 Å². The lowest BCUT2D eigenvalue weighted by atomic mass is 10.1. The third-order valence-electron chi connectivity index (χ3n) is 5.16. The average molecular weight is 471 g/mol. The van der Waals surface area contributed by atoms with Gasteiger partial charge in [0.25, 0.3) is 0 Å². The monoisotopic (exact) mass is 470 g/mol. The molecule has 1 N–H and O–H groups in total. The van der Waals surface area contributed by atoms with Gasteiger partial charge in [-0.1, -0.05) is 30.7 Å². The van der Waals surface area contributed by atoms with Gasteiger partial charge in [0, 0.05) is 26.1 Å². The highest BCUT2D eigenvalue weighted by Gasteiger charge is 2.31. The quantitative estimate of drug-likeness (QED) is 0.633. The van der Waals surface area contributed by atoms with Gasteiger partial charge in [0.15, 0.2) is 0 Å². The van der Waals surface area contributed by atoms with Gasteiger partial charge in [-0.3, -0.25) is 4.79 Å². The van der Waals surface area contributed by atoms with Crippen LogP contribution >= 0.6 is 0 Å². The van der Waals surface area contributed by atoms with Crippen molar-refractivity contribution in [1.82, 2.24) is 9.62 Å². The Labute approximate surface area is 185 Å². The number of amides is 1. The predicted molar refractivity (Wildman–Crippen MR) is 112 cm³/mol. The van der Waals surface area contributed by atoms with Crippen LogP contribution in [0.25, 0.3) is 0 Å². The average Bonchev–Trinajstić information content (AvgIpc) is 2.77. The number of carbonyl (C=O) groups is 1. The van der Waals surface area contributed by atoms with E-state index in [0.717, 1.165) is 24.8 Å². The summed E-state index contributed by atoms with van der Waals surface area (Å²) in [4.78, 5) is 12.3. The molecule has 1 heterocycles. The Morgan fingerprint density at radius 3 is 2.12 bits per heavy atom.